The van der Waals surface area contributed by atoms with Crippen LogP contribution in [-0.4, -0.2) is 24.7 Å². The first-order valence-corrected chi connectivity index (χ1v) is 7.08. The molecule has 22 heavy (non-hydrogen) atoms. The Balaban J connectivity index is 1.85. The van der Waals surface area contributed by atoms with E-state index < -0.39 is 11.9 Å². The van der Waals surface area contributed by atoms with E-state index in [1.54, 1.807) is 25.4 Å². The summed E-state index contributed by atoms with van der Waals surface area (Å²) >= 11 is 5.62. The van der Waals surface area contributed by atoms with Gasteiger partial charge in [0.25, 0.3) is 0 Å². The van der Waals surface area contributed by atoms with Crippen LogP contribution in [0, 0.1) is 5.82 Å². The molecule has 7 heteroatoms. The van der Waals surface area contributed by atoms with Gasteiger partial charge >= 0.3 is 0 Å². The molecule has 0 aliphatic rings. The summed E-state index contributed by atoms with van der Waals surface area (Å²) in [6, 6.07) is 7.85. The van der Waals surface area contributed by atoms with Crippen LogP contribution in [0.15, 0.2) is 46.0 Å². The molecule has 0 bridgehead atoms. The van der Waals surface area contributed by atoms with Crippen molar-refractivity contribution < 1.29 is 13.9 Å². The average molecular weight is 326 g/mol. The highest BCUT2D eigenvalue weighted by molar-refractivity contribution is 6.30. The molecule has 1 unspecified atom stereocenters. The van der Waals surface area contributed by atoms with Crippen molar-refractivity contribution >= 4 is 17.6 Å². The smallest absolute Gasteiger partial charge is 0.191 e. The van der Waals surface area contributed by atoms with E-state index in [0.29, 0.717) is 18.1 Å². The van der Waals surface area contributed by atoms with Gasteiger partial charge < -0.3 is 20.2 Å². The summed E-state index contributed by atoms with van der Waals surface area (Å²) in [7, 11) is 1.62. The maximum Gasteiger partial charge on any atom is 0.191 e. The van der Waals surface area contributed by atoms with E-state index in [-0.39, 0.29) is 11.6 Å². The number of guanidine groups is 1. The van der Waals surface area contributed by atoms with Gasteiger partial charge in [0.1, 0.15) is 11.6 Å². The molecular weight excluding hydrogens is 309 g/mol. The van der Waals surface area contributed by atoms with Crippen molar-refractivity contribution in [3.8, 4) is 0 Å². The first-order valence-electron chi connectivity index (χ1n) is 6.70. The molecule has 0 aliphatic heterocycles. The molecule has 0 aliphatic carbocycles. The number of benzene rings is 1. The Morgan fingerprint density at radius 1 is 1.41 bits per heavy atom. The summed E-state index contributed by atoms with van der Waals surface area (Å²) < 4.78 is 18.6. The van der Waals surface area contributed by atoms with Crippen LogP contribution < -0.4 is 10.6 Å². The second-order valence-electron chi connectivity index (χ2n) is 4.58. The Morgan fingerprint density at radius 2 is 2.23 bits per heavy atom. The average Bonchev–Trinajstić information content (AvgIpc) is 3.03. The molecule has 3 N–H and O–H groups in total. The highest BCUT2D eigenvalue weighted by Crippen LogP contribution is 2.19. The Bertz CT molecular complexity index is 632. The third-order valence-corrected chi connectivity index (χ3v) is 3.33. The van der Waals surface area contributed by atoms with E-state index in [1.165, 1.54) is 12.1 Å². The topological polar surface area (TPSA) is 69.8 Å². The highest BCUT2D eigenvalue weighted by Gasteiger charge is 2.11. The van der Waals surface area contributed by atoms with Crippen molar-refractivity contribution in [3.05, 3.63) is 58.8 Å². The number of aliphatic hydroxyl groups is 1. The maximum atomic E-state index is 13.4. The van der Waals surface area contributed by atoms with E-state index in [1.807, 2.05) is 6.07 Å². The van der Waals surface area contributed by atoms with Gasteiger partial charge in [0.05, 0.1) is 23.9 Å². The zero-order chi connectivity index (χ0) is 15.9. The van der Waals surface area contributed by atoms with Crippen molar-refractivity contribution in [1.82, 2.24) is 10.6 Å². The maximum absolute atomic E-state index is 13.4. The fourth-order valence-electron chi connectivity index (χ4n) is 1.84. The van der Waals surface area contributed by atoms with Gasteiger partial charge in [-0.15, -0.1) is 0 Å². The largest absolute Gasteiger partial charge is 0.467 e. The van der Waals surface area contributed by atoms with E-state index in [0.717, 1.165) is 5.76 Å². The highest BCUT2D eigenvalue weighted by atomic mass is 35.5. The van der Waals surface area contributed by atoms with Gasteiger partial charge in [-0.1, -0.05) is 17.7 Å². The van der Waals surface area contributed by atoms with Crippen molar-refractivity contribution in [2.45, 2.75) is 12.6 Å². The Labute approximate surface area is 132 Å². The van der Waals surface area contributed by atoms with Crippen LogP contribution in [0.5, 0.6) is 0 Å². The lowest BCUT2D eigenvalue weighted by atomic mass is 10.1. The molecular formula is C15H17ClFN3O2. The minimum Gasteiger partial charge on any atom is -0.467 e. The number of nitrogens with one attached hydrogen (secondary N) is 2. The van der Waals surface area contributed by atoms with Crippen LogP contribution >= 0.6 is 11.6 Å². The summed E-state index contributed by atoms with van der Waals surface area (Å²) in [6.07, 6.45) is 0.709. The van der Waals surface area contributed by atoms with E-state index >= 15 is 0 Å². The predicted octanol–water partition coefficient (Wildman–Crippen LogP) is 2.47. The molecule has 0 saturated heterocycles. The van der Waals surface area contributed by atoms with Crippen LogP contribution in [0.4, 0.5) is 4.39 Å². The molecule has 1 heterocycles. The lowest BCUT2D eigenvalue weighted by Gasteiger charge is -2.15. The number of halogens is 2. The summed E-state index contributed by atoms with van der Waals surface area (Å²) in [5.74, 6) is 0.715. The molecule has 0 spiro atoms. The summed E-state index contributed by atoms with van der Waals surface area (Å²) in [4.78, 5) is 4.03. The minimum atomic E-state index is -0.881. The second-order valence-corrected chi connectivity index (χ2v) is 4.98. The molecule has 0 radical (unpaired) electrons. The number of rotatable bonds is 5. The number of hydrogen-bond acceptors (Lipinski definition) is 3. The van der Waals surface area contributed by atoms with Crippen LogP contribution in [0.1, 0.15) is 17.4 Å². The van der Waals surface area contributed by atoms with Gasteiger partial charge in [-0.25, -0.2) is 4.39 Å². The van der Waals surface area contributed by atoms with Gasteiger partial charge in [-0.05, 0) is 29.8 Å². The Hall–Kier alpha value is -2.05. The molecule has 118 valence electrons. The molecule has 0 fully saturated rings. The zero-order valence-electron chi connectivity index (χ0n) is 12.0. The predicted molar refractivity (Wildman–Crippen MR) is 83.3 cm³/mol. The number of aliphatic hydroxyl groups excluding tert-OH is 1. The van der Waals surface area contributed by atoms with Gasteiger partial charge in [0.2, 0.25) is 0 Å². The van der Waals surface area contributed by atoms with Gasteiger partial charge in [0.15, 0.2) is 5.96 Å². The van der Waals surface area contributed by atoms with Crippen molar-refractivity contribution in [2.24, 2.45) is 4.99 Å². The van der Waals surface area contributed by atoms with Crippen LogP contribution in [-0.2, 0) is 6.54 Å². The Kier molecular flexibility index (Phi) is 5.80. The second kappa shape index (κ2) is 7.82. The molecule has 1 aromatic carbocycles. The van der Waals surface area contributed by atoms with Crippen LogP contribution in [0.3, 0.4) is 0 Å². The first-order chi connectivity index (χ1) is 10.6. The normalized spacial score (nSPS) is 13.0. The molecule has 2 rings (SSSR count). The molecule has 0 saturated carbocycles. The van der Waals surface area contributed by atoms with Crippen molar-refractivity contribution in [3.63, 3.8) is 0 Å². The first kappa shape index (κ1) is 16.3. The number of hydrogen-bond donors (Lipinski definition) is 3. The quantitative estimate of drug-likeness (QED) is 0.583. The molecule has 0 amide bonds. The zero-order valence-corrected chi connectivity index (χ0v) is 12.8. The monoisotopic (exact) mass is 325 g/mol. The molecule has 1 atom stereocenters. The lowest BCUT2D eigenvalue weighted by molar-refractivity contribution is 0.180. The SMILES string of the molecule is CN=C(NCc1ccco1)NCC(O)c1ccc(Cl)c(F)c1. The van der Waals surface area contributed by atoms with Crippen LogP contribution in [0.25, 0.3) is 0 Å². The fourth-order valence-corrected chi connectivity index (χ4v) is 1.95. The van der Waals surface area contributed by atoms with Crippen molar-refractivity contribution in [1.29, 1.82) is 0 Å². The number of aliphatic imine (C=N–C) groups is 1. The molecule has 1 aromatic heterocycles. The fraction of sp³-hybridized carbons (Fsp3) is 0.267. The van der Waals surface area contributed by atoms with E-state index in [4.69, 9.17) is 16.0 Å². The Morgan fingerprint density at radius 3 is 2.86 bits per heavy atom. The molecule has 5 nitrogen and oxygen atoms in total. The summed E-state index contributed by atoms with van der Waals surface area (Å²) in [5, 5.41) is 16.1. The van der Waals surface area contributed by atoms with Crippen LogP contribution in [0.2, 0.25) is 5.02 Å². The summed E-state index contributed by atoms with van der Waals surface area (Å²) in [5.41, 5.74) is 0.441. The van der Waals surface area contributed by atoms with Crippen molar-refractivity contribution in [2.75, 3.05) is 13.6 Å². The van der Waals surface area contributed by atoms with Gasteiger partial charge in [0, 0.05) is 13.6 Å². The third-order valence-electron chi connectivity index (χ3n) is 3.03. The third kappa shape index (κ3) is 4.47. The van der Waals surface area contributed by atoms with Gasteiger partial charge in [-0.3, -0.25) is 4.99 Å². The minimum absolute atomic E-state index is 0.0276. The number of nitrogens with zero attached hydrogens (tertiary/aromatic N) is 1. The lowest BCUT2D eigenvalue weighted by Crippen LogP contribution is -2.38. The summed E-state index contributed by atoms with van der Waals surface area (Å²) in [6.45, 7) is 0.650. The van der Waals surface area contributed by atoms with E-state index in [2.05, 4.69) is 15.6 Å². The standard InChI is InChI=1S/C15H17ClFN3O2/c1-18-15(19-8-11-3-2-6-22-11)20-9-14(21)10-4-5-12(16)13(17)7-10/h2-7,14,21H,8-9H2,1H3,(H2,18,19,20). The van der Waals surface area contributed by atoms with E-state index in [9.17, 15) is 9.50 Å². The van der Waals surface area contributed by atoms with Gasteiger partial charge in [-0.2, -0.15) is 0 Å². The number of furan rings is 1. The molecule has 2 aromatic rings.